The zero-order valence-corrected chi connectivity index (χ0v) is 19.1. The average Bonchev–Trinajstić information content (AvgIpc) is 2.97. The van der Waals surface area contributed by atoms with E-state index < -0.39 is 0 Å². The molecule has 0 spiro atoms. The lowest BCUT2D eigenvalue weighted by Gasteiger charge is -2.36. The largest absolute Gasteiger partial charge is 0.365 e. The van der Waals surface area contributed by atoms with Crippen LogP contribution in [0.4, 0.5) is 5.69 Å². The molecule has 154 valence electrons. The topological polar surface area (TPSA) is 3.24 Å². The van der Waals surface area contributed by atoms with Crippen molar-refractivity contribution in [2.24, 2.45) is 5.41 Å². The highest BCUT2D eigenvalue weighted by molar-refractivity contribution is 5.75. The van der Waals surface area contributed by atoms with Gasteiger partial charge in [-0.1, -0.05) is 87.5 Å². The van der Waals surface area contributed by atoms with Gasteiger partial charge in [0.2, 0.25) is 0 Å². The second-order valence-corrected chi connectivity index (χ2v) is 9.24. The summed E-state index contributed by atoms with van der Waals surface area (Å²) in [6.45, 7) is 15.0. The number of anilines is 1. The van der Waals surface area contributed by atoms with Crippen molar-refractivity contribution in [2.75, 3.05) is 11.4 Å². The maximum atomic E-state index is 2.71. The normalized spacial score (nSPS) is 21.9. The summed E-state index contributed by atoms with van der Waals surface area (Å²) in [5.74, 6) is 0. The van der Waals surface area contributed by atoms with E-state index in [2.05, 4.69) is 113 Å². The molecule has 0 radical (unpaired) electrons. The van der Waals surface area contributed by atoms with Crippen LogP contribution in [0.3, 0.4) is 0 Å². The zero-order valence-electron chi connectivity index (χ0n) is 19.1. The summed E-state index contributed by atoms with van der Waals surface area (Å²) in [4.78, 5) is 2.71. The summed E-state index contributed by atoms with van der Waals surface area (Å²) in [5.41, 5.74) is 7.40. The maximum Gasteiger partial charge on any atom is 0.0435 e. The Kier molecular flexibility index (Phi) is 6.36. The number of rotatable bonds is 6. The van der Waals surface area contributed by atoms with Gasteiger partial charge in [-0.15, -0.1) is 0 Å². The predicted octanol–water partition coefficient (Wildman–Crippen LogP) is 7.47. The van der Waals surface area contributed by atoms with Crippen LogP contribution in [-0.4, -0.2) is 12.1 Å². The molecule has 1 heterocycles. The molecule has 1 fully saturated rings. The number of hydrogen-bond donors (Lipinski definition) is 0. The number of hydrogen-bond acceptors (Lipinski definition) is 1. The van der Waals surface area contributed by atoms with E-state index in [0.29, 0.717) is 0 Å². The molecule has 1 aliphatic rings. The van der Waals surface area contributed by atoms with Crippen molar-refractivity contribution in [3.8, 4) is 0 Å². The first kappa shape index (κ1) is 21.4. The van der Waals surface area contributed by atoms with Crippen LogP contribution < -0.4 is 4.90 Å². The second kappa shape index (κ2) is 8.61. The quantitative estimate of drug-likeness (QED) is 0.465. The number of para-hydroxylation sites is 1. The van der Waals surface area contributed by atoms with E-state index in [0.717, 1.165) is 25.8 Å². The van der Waals surface area contributed by atoms with E-state index in [-0.39, 0.29) is 11.0 Å². The van der Waals surface area contributed by atoms with Crippen molar-refractivity contribution in [3.63, 3.8) is 0 Å². The fourth-order valence-electron chi connectivity index (χ4n) is 5.25. The smallest absolute Gasteiger partial charge is 0.0435 e. The number of allylic oxidation sites excluding steroid dienone is 3. The van der Waals surface area contributed by atoms with Crippen LogP contribution in [0.1, 0.15) is 64.7 Å². The number of nitrogens with zero attached hydrogens (tertiary/aromatic N) is 1. The zero-order chi connectivity index (χ0) is 21.1. The Morgan fingerprint density at radius 3 is 2.10 bits per heavy atom. The van der Waals surface area contributed by atoms with Gasteiger partial charge in [-0.3, -0.25) is 0 Å². The lowest BCUT2D eigenvalue weighted by molar-refractivity contribution is 0.430. The molecule has 0 amide bonds. The van der Waals surface area contributed by atoms with E-state index in [1.54, 1.807) is 0 Å². The molecule has 1 heteroatoms. The van der Waals surface area contributed by atoms with Gasteiger partial charge in [0.1, 0.15) is 0 Å². The lowest BCUT2D eigenvalue weighted by atomic mass is 9.74. The average molecular weight is 388 g/mol. The minimum absolute atomic E-state index is 0.0935. The number of aryl methyl sites for hydroxylation is 2. The molecule has 1 aliphatic heterocycles. The summed E-state index contributed by atoms with van der Waals surface area (Å²) in [6, 6.07) is 17.8. The Balaban J connectivity index is 2.11. The first-order valence-corrected chi connectivity index (χ1v) is 11.1. The predicted molar refractivity (Wildman–Crippen MR) is 129 cm³/mol. The fourth-order valence-corrected chi connectivity index (χ4v) is 5.25. The third-order valence-corrected chi connectivity index (χ3v) is 6.49. The van der Waals surface area contributed by atoms with Crippen LogP contribution in [0.2, 0.25) is 0 Å². The molecule has 1 atom stereocenters. The van der Waals surface area contributed by atoms with Crippen LogP contribution in [0.15, 0.2) is 66.8 Å². The second-order valence-electron chi connectivity index (χ2n) is 9.24. The van der Waals surface area contributed by atoms with Gasteiger partial charge >= 0.3 is 0 Å². The molecule has 29 heavy (non-hydrogen) atoms. The molecule has 0 N–H and O–H groups in total. The SMILES string of the molecule is C/C=C\C=C(/c1ccccc1)C1(C)CN(c2c(CC)cccc2CC)C(C)(C)C1. The molecule has 0 aliphatic carbocycles. The molecule has 1 saturated heterocycles. The fraction of sp³-hybridized carbons (Fsp3) is 0.429. The van der Waals surface area contributed by atoms with E-state index in [1.807, 2.05) is 0 Å². The van der Waals surface area contributed by atoms with E-state index in [4.69, 9.17) is 0 Å². The van der Waals surface area contributed by atoms with E-state index in [9.17, 15) is 0 Å². The van der Waals surface area contributed by atoms with Crippen molar-refractivity contribution in [2.45, 2.75) is 66.3 Å². The van der Waals surface area contributed by atoms with Gasteiger partial charge in [0.15, 0.2) is 0 Å². The van der Waals surface area contributed by atoms with Gasteiger partial charge in [0.05, 0.1) is 0 Å². The third-order valence-electron chi connectivity index (χ3n) is 6.49. The summed E-state index contributed by atoms with van der Waals surface area (Å²) < 4.78 is 0. The summed E-state index contributed by atoms with van der Waals surface area (Å²) in [7, 11) is 0. The van der Waals surface area contributed by atoms with Gasteiger partial charge in [-0.25, -0.2) is 0 Å². The molecule has 2 aromatic rings. The Labute approximate surface area is 178 Å². The first-order chi connectivity index (χ1) is 13.9. The van der Waals surface area contributed by atoms with Crippen molar-refractivity contribution in [3.05, 3.63) is 83.4 Å². The van der Waals surface area contributed by atoms with Gasteiger partial charge < -0.3 is 4.90 Å². The van der Waals surface area contributed by atoms with Gasteiger partial charge in [0.25, 0.3) is 0 Å². The van der Waals surface area contributed by atoms with E-state index >= 15 is 0 Å². The van der Waals surface area contributed by atoms with Crippen LogP contribution >= 0.6 is 0 Å². The Morgan fingerprint density at radius 1 is 0.931 bits per heavy atom. The van der Waals surface area contributed by atoms with Crippen molar-refractivity contribution >= 4 is 11.3 Å². The number of benzene rings is 2. The molecule has 0 bridgehead atoms. The maximum absolute atomic E-state index is 2.71. The van der Waals surface area contributed by atoms with Crippen LogP contribution in [-0.2, 0) is 12.8 Å². The van der Waals surface area contributed by atoms with Crippen LogP contribution in [0, 0.1) is 5.41 Å². The molecule has 0 aromatic heterocycles. The first-order valence-electron chi connectivity index (χ1n) is 11.1. The molecule has 2 aromatic carbocycles. The Hall–Kier alpha value is -2.28. The lowest BCUT2D eigenvalue weighted by Crippen LogP contribution is -2.39. The minimum atomic E-state index is 0.0935. The molecule has 1 unspecified atom stereocenters. The van der Waals surface area contributed by atoms with Crippen molar-refractivity contribution in [1.82, 2.24) is 0 Å². The highest BCUT2D eigenvalue weighted by Gasteiger charge is 2.48. The highest BCUT2D eigenvalue weighted by Crippen LogP contribution is 2.52. The third kappa shape index (κ3) is 4.20. The van der Waals surface area contributed by atoms with Crippen LogP contribution in [0.5, 0.6) is 0 Å². The molecule has 3 rings (SSSR count). The Morgan fingerprint density at radius 2 is 1.55 bits per heavy atom. The molecule has 1 nitrogen and oxygen atoms in total. The van der Waals surface area contributed by atoms with Gasteiger partial charge in [0, 0.05) is 23.2 Å². The Bertz CT molecular complexity index is 866. The van der Waals surface area contributed by atoms with Crippen LogP contribution in [0.25, 0.3) is 5.57 Å². The molecule has 0 saturated carbocycles. The van der Waals surface area contributed by atoms with Crippen molar-refractivity contribution < 1.29 is 0 Å². The standard InChI is InChI=1S/C28H37N/c1-7-10-19-25(24-15-12-11-13-16-24)28(6)20-27(4,5)29(21-28)26-22(8-2)17-14-18-23(26)9-3/h7,10-19H,8-9,20-21H2,1-6H3/b10-7-,25-19+. The summed E-state index contributed by atoms with van der Waals surface area (Å²) in [5, 5.41) is 0. The van der Waals surface area contributed by atoms with Gasteiger partial charge in [-0.2, -0.15) is 0 Å². The molecular weight excluding hydrogens is 350 g/mol. The minimum Gasteiger partial charge on any atom is -0.365 e. The van der Waals surface area contributed by atoms with Crippen molar-refractivity contribution in [1.29, 1.82) is 0 Å². The summed E-state index contributed by atoms with van der Waals surface area (Å²) >= 11 is 0. The summed E-state index contributed by atoms with van der Waals surface area (Å²) in [6.07, 6.45) is 9.95. The molecular formula is C28H37N. The van der Waals surface area contributed by atoms with E-state index in [1.165, 1.54) is 28.0 Å². The monoisotopic (exact) mass is 387 g/mol. The van der Waals surface area contributed by atoms with Gasteiger partial charge in [-0.05, 0) is 62.3 Å². The highest BCUT2D eigenvalue weighted by atomic mass is 15.2.